The molecule has 1 aromatic heterocycles. The Bertz CT molecular complexity index is 1120. The number of aryl methyl sites for hydroxylation is 2. The zero-order valence-electron chi connectivity index (χ0n) is 16.5. The summed E-state index contributed by atoms with van der Waals surface area (Å²) < 4.78 is 11.6. The fourth-order valence-corrected chi connectivity index (χ4v) is 2.88. The Morgan fingerprint density at radius 2 is 1.67 bits per heavy atom. The van der Waals surface area contributed by atoms with Crippen molar-refractivity contribution >= 4 is 11.6 Å². The lowest BCUT2D eigenvalue weighted by molar-refractivity contribution is -0.116. The molecule has 0 aliphatic rings. The highest BCUT2D eigenvalue weighted by Crippen LogP contribution is 2.29. The molecule has 0 spiro atoms. The standard InChI is InChI=1S/C24H21N3O3/c1-17-11-13-19(14-12-17)29-21-10-6-5-9-20(21)25-22(28)15-16-23-26-27-24(30-23)18-7-3-2-4-8-18/h2-14H,15-16H2,1H3,(H,25,28). The van der Waals surface area contributed by atoms with Gasteiger partial charge in [-0.2, -0.15) is 0 Å². The molecule has 150 valence electrons. The van der Waals surface area contributed by atoms with Crippen LogP contribution in [0.1, 0.15) is 17.9 Å². The van der Waals surface area contributed by atoms with Gasteiger partial charge in [0.25, 0.3) is 0 Å². The molecule has 6 heteroatoms. The van der Waals surface area contributed by atoms with Crippen LogP contribution in [0.2, 0.25) is 0 Å². The topological polar surface area (TPSA) is 77.2 Å². The van der Waals surface area contributed by atoms with E-state index in [1.54, 1.807) is 0 Å². The summed E-state index contributed by atoms with van der Waals surface area (Å²) in [6, 6.07) is 24.6. The second-order valence-electron chi connectivity index (χ2n) is 6.83. The van der Waals surface area contributed by atoms with Crippen LogP contribution in [-0.2, 0) is 11.2 Å². The average Bonchev–Trinajstić information content (AvgIpc) is 3.25. The third-order valence-corrected chi connectivity index (χ3v) is 4.46. The molecule has 1 amide bonds. The first-order valence-corrected chi connectivity index (χ1v) is 9.68. The zero-order valence-corrected chi connectivity index (χ0v) is 16.5. The van der Waals surface area contributed by atoms with E-state index in [0.717, 1.165) is 11.1 Å². The number of benzene rings is 3. The number of nitrogens with one attached hydrogen (secondary N) is 1. The van der Waals surface area contributed by atoms with Gasteiger partial charge in [-0.25, -0.2) is 0 Å². The second kappa shape index (κ2) is 9.05. The fraction of sp³-hybridized carbons (Fsp3) is 0.125. The van der Waals surface area contributed by atoms with Crippen LogP contribution in [0.4, 0.5) is 5.69 Å². The molecule has 1 heterocycles. The molecule has 0 radical (unpaired) electrons. The van der Waals surface area contributed by atoms with Gasteiger partial charge in [0.2, 0.25) is 17.7 Å². The summed E-state index contributed by atoms with van der Waals surface area (Å²) in [5.41, 5.74) is 2.61. The molecular formula is C24H21N3O3. The maximum atomic E-state index is 12.5. The van der Waals surface area contributed by atoms with E-state index in [4.69, 9.17) is 9.15 Å². The van der Waals surface area contributed by atoms with Gasteiger partial charge in [-0.1, -0.05) is 48.0 Å². The highest BCUT2D eigenvalue weighted by molar-refractivity contribution is 5.92. The Balaban J connectivity index is 1.37. The van der Waals surface area contributed by atoms with Crippen LogP contribution in [0.5, 0.6) is 11.5 Å². The largest absolute Gasteiger partial charge is 0.455 e. The Kier molecular flexibility index (Phi) is 5.85. The first-order chi connectivity index (χ1) is 14.7. The van der Waals surface area contributed by atoms with Crippen LogP contribution in [0, 0.1) is 6.92 Å². The van der Waals surface area contributed by atoms with E-state index < -0.39 is 0 Å². The lowest BCUT2D eigenvalue weighted by Gasteiger charge is -2.12. The number of ether oxygens (including phenoxy) is 1. The molecular weight excluding hydrogens is 378 g/mol. The van der Waals surface area contributed by atoms with E-state index in [1.807, 2.05) is 85.8 Å². The van der Waals surface area contributed by atoms with Crippen LogP contribution in [0.15, 0.2) is 83.3 Å². The van der Waals surface area contributed by atoms with Gasteiger partial charge in [0, 0.05) is 18.4 Å². The van der Waals surface area contributed by atoms with Crippen LogP contribution < -0.4 is 10.1 Å². The van der Waals surface area contributed by atoms with Gasteiger partial charge in [-0.15, -0.1) is 10.2 Å². The minimum absolute atomic E-state index is 0.158. The van der Waals surface area contributed by atoms with E-state index >= 15 is 0 Å². The fourth-order valence-electron chi connectivity index (χ4n) is 2.88. The molecule has 4 aromatic rings. The Labute approximate surface area is 174 Å². The summed E-state index contributed by atoms with van der Waals surface area (Å²) in [4.78, 5) is 12.5. The first kappa shape index (κ1) is 19.4. The molecule has 0 aliphatic heterocycles. The van der Waals surface area contributed by atoms with Crippen LogP contribution in [0.25, 0.3) is 11.5 Å². The van der Waals surface area contributed by atoms with Crippen molar-refractivity contribution in [2.75, 3.05) is 5.32 Å². The highest BCUT2D eigenvalue weighted by atomic mass is 16.5. The predicted molar refractivity (Wildman–Crippen MR) is 114 cm³/mol. The number of amides is 1. The summed E-state index contributed by atoms with van der Waals surface area (Å²) >= 11 is 0. The third-order valence-electron chi connectivity index (χ3n) is 4.46. The van der Waals surface area contributed by atoms with Gasteiger partial charge in [-0.3, -0.25) is 4.79 Å². The van der Waals surface area contributed by atoms with Crippen LogP contribution in [-0.4, -0.2) is 16.1 Å². The highest BCUT2D eigenvalue weighted by Gasteiger charge is 2.12. The van der Waals surface area contributed by atoms with E-state index in [9.17, 15) is 4.79 Å². The summed E-state index contributed by atoms with van der Waals surface area (Å²) in [7, 11) is 0. The first-order valence-electron chi connectivity index (χ1n) is 9.68. The average molecular weight is 399 g/mol. The number of aromatic nitrogens is 2. The predicted octanol–water partition coefficient (Wildman–Crippen LogP) is 5.41. The van der Waals surface area contributed by atoms with Crippen molar-refractivity contribution in [3.8, 4) is 23.0 Å². The second-order valence-corrected chi connectivity index (χ2v) is 6.83. The molecule has 1 N–H and O–H groups in total. The van der Waals surface area contributed by atoms with Crippen molar-refractivity contribution in [3.63, 3.8) is 0 Å². The maximum absolute atomic E-state index is 12.5. The number of nitrogens with zero attached hydrogens (tertiary/aromatic N) is 2. The van der Waals surface area contributed by atoms with Crippen molar-refractivity contribution < 1.29 is 13.9 Å². The normalized spacial score (nSPS) is 10.6. The van der Waals surface area contributed by atoms with Crippen molar-refractivity contribution in [2.24, 2.45) is 0 Å². The van der Waals surface area contributed by atoms with Gasteiger partial charge >= 0.3 is 0 Å². The maximum Gasteiger partial charge on any atom is 0.247 e. The third kappa shape index (κ3) is 4.91. The molecule has 0 saturated carbocycles. The molecule has 0 aliphatic carbocycles. The molecule has 0 saturated heterocycles. The van der Waals surface area contributed by atoms with Crippen molar-refractivity contribution in [2.45, 2.75) is 19.8 Å². The molecule has 0 bridgehead atoms. The van der Waals surface area contributed by atoms with Gasteiger partial charge < -0.3 is 14.5 Å². The molecule has 3 aromatic carbocycles. The zero-order chi connectivity index (χ0) is 20.8. The Morgan fingerprint density at radius 3 is 2.47 bits per heavy atom. The van der Waals surface area contributed by atoms with E-state index in [1.165, 1.54) is 0 Å². The number of para-hydroxylation sites is 2. The summed E-state index contributed by atoms with van der Waals surface area (Å²) in [5.74, 6) is 2.01. The van der Waals surface area contributed by atoms with Gasteiger partial charge in [0.05, 0.1) is 5.69 Å². The lowest BCUT2D eigenvalue weighted by Crippen LogP contribution is -2.13. The number of rotatable bonds is 7. The van der Waals surface area contributed by atoms with Gasteiger partial charge in [-0.05, 0) is 43.3 Å². The van der Waals surface area contributed by atoms with Crippen molar-refractivity contribution in [1.29, 1.82) is 0 Å². The van der Waals surface area contributed by atoms with Crippen LogP contribution >= 0.6 is 0 Å². The number of carbonyl (C=O) groups excluding carboxylic acids is 1. The van der Waals surface area contributed by atoms with Crippen molar-refractivity contribution in [1.82, 2.24) is 10.2 Å². The van der Waals surface area contributed by atoms with E-state index in [2.05, 4.69) is 15.5 Å². The number of anilines is 1. The molecule has 4 rings (SSSR count). The number of carbonyl (C=O) groups is 1. The number of hydrogen-bond donors (Lipinski definition) is 1. The van der Waals surface area contributed by atoms with E-state index in [-0.39, 0.29) is 12.3 Å². The molecule has 6 nitrogen and oxygen atoms in total. The lowest BCUT2D eigenvalue weighted by atomic mass is 10.2. The smallest absolute Gasteiger partial charge is 0.247 e. The van der Waals surface area contributed by atoms with Crippen molar-refractivity contribution in [3.05, 3.63) is 90.3 Å². The molecule has 30 heavy (non-hydrogen) atoms. The summed E-state index contributed by atoms with van der Waals surface area (Å²) in [6.45, 7) is 2.02. The quantitative estimate of drug-likeness (QED) is 0.450. The number of hydrogen-bond acceptors (Lipinski definition) is 5. The van der Waals surface area contributed by atoms with E-state index in [0.29, 0.717) is 35.4 Å². The summed E-state index contributed by atoms with van der Waals surface area (Å²) in [6.07, 6.45) is 0.571. The monoisotopic (exact) mass is 399 g/mol. The Morgan fingerprint density at radius 1 is 0.933 bits per heavy atom. The Hall–Kier alpha value is -3.93. The SMILES string of the molecule is Cc1ccc(Oc2ccccc2NC(=O)CCc2nnc(-c3ccccc3)o2)cc1. The molecule has 0 atom stereocenters. The van der Waals surface area contributed by atoms with Gasteiger partial charge in [0.1, 0.15) is 5.75 Å². The minimum Gasteiger partial charge on any atom is -0.455 e. The summed E-state index contributed by atoms with van der Waals surface area (Å²) in [5, 5.41) is 11.0. The molecule has 0 unspecified atom stereocenters. The molecule has 0 fully saturated rings. The van der Waals surface area contributed by atoms with Crippen LogP contribution in [0.3, 0.4) is 0 Å². The van der Waals surface area contributed by atoms with Gasteiger partial charge in [0.15, 0.2) is 5.75 Å². The minimum atomic E-state index is -0.158.